The predicted octanol–water partition coefficient (Wildman–Crippen LogP) is 7.06. The van der Waals surface area contributed by atoms with Gasteiger partial charge in [-0.05, 0) is 86.7 Å². The molecule has 3 aromatic rings. The monoisotopic (exact) mass is 688 g/mol. The summed E-state index contributed by atoms with van der Waals surface area (Å²) in [4.78, 5) is 24.5. The number of likely N-dealkylation sites (tertiary alicyclic amines) is 2. The van der Waals surface area contributed by atoms with E-state index in [9.17, 15) is 13.2 Å². The van der Waals surface area contributed by atoms with Gasteiger partial charge in [-0.3, -0.25) is 14.6 Å². The van der Waals surface area contributed by atoms with E-state index in [1.807, 2.05) is 0 Å². The lowest BCUT2D eigenvalue weighted by molar-refractivity contribution is -0.0970. The largest absolute Gasteiger partial charge is 0.363 e. The third kappa shape index (κ3) is 7.04. The van der Waals surface area contributed by atoms with Gasteiger partial charge in [-0.1, -0.05) is 70.0 Å². The molecule has 43 heavy (non-hydrogen) atoms. The van der Waals surface area contributed by atoms with Gasteiger partial charge >= 0.3 is 0 Å². The molecule has 0 atom stereocenters. The zero-order valence-corrected chi connectivity index (χ0v) is 27.5. The molecule has 8 nitrogen and oxygen atoms in total. The lowest BCUT2D eigenvalue weighted by Crippen LogP contribution is -2.71. The van der Waals surface area contributed by atoms with Gasteiger partial charge in [0.1, 0.15) is 0 Å². The standard InChI is InChI=1S/C32H38BrClN4O4S/c1-2-32(36-20-8-4-9-21-36,37-22-10-5-11-23-37)35-31(39)25-14-17-28(18-15-25)43(40,41)38(27-12-6-3-7-13-27)42-30-19-16-26(33)24-29(30)34/h3,6-7,12-19,24H,2,4-5,8-11,20-23H2,1H3,(H,35,39). The summed E-state index contributed by atoms with van der Waals surface area (Å²) in [5.74, 6) is -0.607. The molecule has 0 unspecified atom stereocenters. The molecule has 3 aromatic carbocycles. The number of piperidine rings is 2. The van der Waals surface area contributed by atoms with Crippen LogP contribution >= 0.6 is 27.5 Å². The molecular weight excluding hydrogens is 652 g/mol. The third-order valence-corrected chi connectivity index (χ3v) is 10.6. The van der Waals surface area contributed by atoms with E-state index in [1.165, 1.54) is 25.0 Å². The minimum absolute atomic E-state index is 0.0186. The second-order valence-electron chi connectivity index (χ2n) is 11.0. The zero-order chi connectivity index (χ0) is 30.5. The van der Waals surface area contributed by atoms with Crippen LogP contribution in [0.3, 0.4) is 0 Å². The molecular formula is C32H38BrClN4O4S. The van der Waals surface area contributed by atoms with E-state index < -0.39 is 15.8 Å². The quantitative estimate of drug-likeness (QED) is 0.230. The van der Waals surface area contributed by atoms with Crippen LogP contribution in [0.25, 0.3) is 0 Å². The van der Waals surface area contributed by atoms with Gasteiger partial charge in [0.05, 0.1) is 15.6 Å². The topological polar surface area (TPSA) is 82.2 Å². The molecule has 2 aliphatic rings. The maximum absolute atomic E-state index is 13.9. The molecule has 0 radical (unpaired) electrons. The van der Waals surface area contributed by atoms with Crippen LogP contribution in [0.1, 0.15) is 62.2 Å². The molecule has 0 spiro atoms. The molecule has 0 aromatic heterocycles. The summed E-state index contributed by atoms with van der Waals surface area (Å²) in [6.45, 7) is 5.91. The van der Waals surface area contributed by atoms with Gasteiger partial charge < -0.3 is 10.2 Å². The highest BCUT2D eigenvalue weighted by Crippen LogP contribution is 2.33. The second kappa shape index (κ2) is 14.0. The normalized spacial score (nSPS) is 16.9. The highest BCUT2D eigenvalue weighted by Gasteiger charge is 2.43. The summed E-state index contributed by atoms with van der Waals surface area (Å²) < 4.78 is 29.4. The van der Waals surface area contributed by atoms with Crippen LogP contribution in [-0.4, -0.2) is 56.1 Å². The van der Waals surface area contributed by atoms with Crippen molar-refractivity contribution in [2.24, 2.45) is 0 Å². The van der Waals surface area contributed by atoms with E-state index in [0.29, 0.717) is 11.3 Å². The number of rotatable bonds is 10. The van der Waals surface area contributed by atoms with Crippen molar-refractivity contribution in [1.82, 2.24) is 15.1 Å². The number of halogens is 2. The fraction of sp³-hybridized carbons (Fsp3) is 0.406. The minimum atomic E-state index is -4.20. The van der Waals surface area contributed by atoms with Crippen LogP contribution in [0.2, 0.25) is 5.02 Å². The number of carbonyl (C=O) groups is 1. The first-order valence-corrected chi connectivity index (χ1v) is 17.5. The van der Waals surface area contributed by atoms with Crippen molar-refractivity contribution in [3.8, 4) is 5.75 Å². The first-order chi connectivity index (χ1) is 20.7. The summed E-state index contributed by atoms with van der Waals surface area (Å²) in [6.07, 6.45) is 7.63. The van der Waals surface area contributed by atoms with Gasteiger partial charge in [0.2, 0.25) is 0 Å². The van der Waals surface area contributed by atoms with Crippen molar-refractivity contribution < 1.29 is 18.0 Å². The summed E-state index contributed by atoms with van der Waals surface area (Å²) in [5, 5.41) is 3.65. The molecule has 2 heterocycles. The molecule has 1 amide bonds. The Morgan fingerprint density at radius 3 is 2.02 bits per heavy atom. The fourth-order valence-electron chi connectivity index (χ4n) is 5.98. The van der Waals surface area contributed by atoms with Crippen molar-refractivity contribution >= 4 is 49.1 Å². The van der Waals surface area contributed by atoms with Gasteiger partial charge in [-0.2, -0.15) is 8.42 Å². The molecule has 1 N–H and O–H groups in total. The third-order valence-electron chi connectivity index (χ3n) is 8.24. The lowest BCUT2D eigenvalue weighted by Gasteiger charge is -2.53. The highest BCUT2D eigenvalue weighted by atomic mass is 79.9. The SMILES string of the molecule is CCC(NC(=O)c1ccc(S(=O)(=O)N(Oc2ccc(Br)cc2Cl)c2ccccc2)cc1)(N1CCCCC1)N1CCCCC1. The van der Waals surface area contributed by atoms with Crippen LogP contribution in [0.5, 0.6) is 5.75 Å². The second-order valence-corrected chi connectivity index (χ2v) is 14.1. The molecule has 2 saturated heterocycles. The highest BCUT2D eigenvalue weighted by molar-refractivity contribution is 9.10. The number of para-hydroxylation sites is 1. The number of hydrogen-bond donors (Lipinski definition) is 1. The molecule has 2 fully saturated rings. The maximum Gasteiger partial charge on any atom is 0.295 e. The number of nitrogens with zero attached hydrogens (tertiary/aromatic N) is 3. The van der Waals surface area contributed by atoms with Crippen LogP contribution in [-0.2, 0) is 10.0 Å². The van der Waals surface area contributed by atoms with Crippen molar-refractivity contribution in [2.75, 3.05) is 30.6 Å². The van der Waals surface area contributed by atoms with Gasteiger partial charge in [0.15, 0.2) is 11.5 Å². The van der Waals surface area contributed by atoms with Crippen molar-refractivity contribution in [1.29, 1.82) is 0 Å². The molecule has 11 heteroatoms. The number of hydrogen-bond acceptors (Lipinski definition) is 6. The van der Waals surface area contributed by atoms with Crippen molar-refractivity contribution in [2.45, 2.75) is 62.6 Å². The molecule has 230 valence electrons. The molecule has 0 saturated carbocycles. The first-order valence-electron chi connectivity index (χ1n) is 14.9. The lowest BCUT2D eigenvalue weighted by atomic mass is 10.0. The number of anilines is 1. The van der Waals surface area contributed by atoms with E-state index in [0.717, 1.165) is 67.2 Å². The van der Waals surface area contributed by atoms with E-state index in [2.05, 4.69) is 38.0 Å². The molecule has 0 bridgehead atoms. The Morgan fingerprint density at radius 2 is 1.49 bits per heavy atom. The Hall–Kier alpha value is -2.63. The Bertz CT molecular complexity index is 1480. The minimum Gasteiger partial charge on any atom is -0.363 e. The Morgan fingerprint density at radius 1 is 0.907 bits per heavy atom. The maximum atomic E-state index is 13.9. The van der Waals surface area contributed by atoms with Gasteiger partial charge in [0.25, 0.3) is 15.9 Å². The molecule has 0 aliphatic carbocycles. The van der Waals surface area contributed by atoms with E-state index >= 15 is 0 Å². The smallest absolute Gasteiger partial charge is 0.295 e. The van der Waals surface area contributed by atoms with Crippen molar-refractivity contribution in [3.05, 3.63) is 87.9 Å². The number of nitrogens with one attached hydrogen (secondary N) is 1. The number of amides is 1. The molecule has 5 rings (SSSR count). The summed E-state index contributed by atoms with van der Waals surface area (Å²) in [5.41, 5.74) is 0.702. The van der Waals surface area contributed by atoms with E-state index in [-0.39, 0.29) is 21.6 Å². The zero-order valence-electron chi connectivity index (χ0n) is 24.3. The summed E-state index contributed by atoms with van der Waals surface area (Å²) in [6, 6.07) is 19.5. The van der Waals surface area contributed by atoms with Crippen LogP contribution < -0.4 is 14.6 Å². The average molecular weight is 690 g/mol. The Balaban J connectivity index is 1.41. The summed E-state index contributed by atoms with van der Waals surface area (Å²) in [7, 11) is -4.20. The van der Waals surface area contributed by atoms with Crippen LogP contribution in [0.15, 0.2) is 82.2 Å². The first kappa shape index (κ1) is 31.8. The average Bonchev–Trinajstić information content (AvgIpc) is 3.04. The van der Waals surface area contributed by atoms with E-state index in [4.69, 9.17) is 16.4 Å². The van der Waals surface area contributed by atoms with Crippen LogP contribution in [0, 0.1) is 0 Å². The fourth-order valence-corrected chi connectivity index (χ4v) is 7.94. The van der Waals surface area contributed by atoms with Crippen LogP contribution in [0.4, 0.5) is 5.69 Å². The van der Waals surface area contributed by atoms with Gasteiger partial charge in [-0.25, -0.2) is 0 Å². The molecule has 2 aliphatic heterocycles. The van der Waals surface area contributed by atoms with E-state index in [1.54, 1.807) is 60.7 Å². The predicted molar refractivity (Wildman–Crippen MR) is 174 cm³/mol. The number of sulfonamides is 1. The summed E-state index contributed by atoms with van der Waals surface area (Å²) >= 11 is 9.72. The van der Waals surface area contributed by atoms with Crippen molar-refractivity contribution in [3.63, 3.8) is 0 Å². The number of benzene rings is 3. The van der Waals surface area contributed by atoms with Gasteiger partial charge in [0, 0.05) is 36.2 Å². The Labute approximate surface area is 268 Å². The number of carbonyl (C=O) groups excluding carboxylic acids is 1. The Kier molecular flexibility index (Phi) is 10.3. The van der Waals surface area contributed by atoms with Gasteiger partial charge in [-0.15, -0.1) is 0 Å².